The topological polar surface area (TPSA) is 49.4 Å². The fraction of sp³-hybridized carbons (Fsp3) is 0.263. The molecule has 0 atom stereocenters. The van der Waals surface area contributed by atoms with Gasteiger partial charge in [0.05, 0.1) is 11.1 Å². The van der Waals surface area contributed by atoms with E-state index in [1.807, 2.05) is 5.32 Å². The Labute approximate surface area is 162 Å². The minimum Gasteiger partial charge on any atom is -0.318 e. The number of nitrogens with zero attached hydrogens (tertiary/aromatic N) is 1. The van der Waals surface area contributed by atoms with Crippen molar-refractivity contribution in [3.05, 3.63) is 59.2 Å². The van der Waals surface area contributed by atoms with E-state index >= 15 is 0 Å². The van der Waals surface area contributed by atoms with Gasteiger partial charge in [0.15, 0.2) is 0 Å². The van der Waals surface area contributed by atoms with Gasteiger partial charge in [0, 0.05) is 17.9 Å². The zero-order valence-electron chi connectivity index (χ0n) is 15.3. The lowest BCUT2D eigenvalue weighted by molar-refractivity contribution is -0.143. The molecule has 29 heavy (non-hydrogen) atoms. The molecule has 10 heteroatoms. The van der Waals surface area contributed by atoms with Crippen molar-refractivity contribution < 1.29 is 35.9 Å². The van der Waals surface area contributed by atoms with E-state index in [1.165, 1.54) is 0 Å². The van der Waals surface area contributed by atoms with Gasteiger partial charge in [0.1, 0.15) is 0 Å². The first-order valence-electron chi connectivity index (χ1n) is 8.32. The summed E-state index contributed by atoms with van der Waals surface area (Å²) in [5, 5.41) is 1.84. The zero-order valence-corrected chi connectivity index (χ0v) is 15.3. The molecule has 0 aliphatic heterocycles. The van der Waals surface area contributed by atoms with Gasteiger partial charge in [-0.2, -0.15) is 26.3 Å². The summed E-state index contributed by atoms with van der Waals surface area (Å²) in [5.74, 6) is -2.48. The van der Waals surface area contributed by atoms with Crippen LogP contribution in [0.2, 0.25) is 0 Å². The highest BCUT2D eigenvalue weighted by Crippen LogP contribution is 2.37. The Bertz CT molecular complexity index is 889. The summed E-state index contributed by atoms with van der Waals surface area (Å²) in [4.78, 5) is 25.7. The van der Waals surface area contributed by atoms with E-state index in [2.05, 4.69) is 0 Å². The van der Waals surface area contributed by atoms with Crippen molar-refractivity contribution >= 4 is 23.2 Å². The molecule has 0 heterocycles. The number of amides is 2. The molecule has 0 bridgehead atoms. The average Bonchev–Trinajstić information content (AvgIpc) is 2.60. The molecule has 2 aromatic carbocycles. The molecule has 0 aliphatic carbocycles. The zero-order chi connectivity index (χ0) is 22.0. The maximum Gasteiger partial charge on any atom is 0.416 e. The van der Waals surface area contributed by atoms with Crippen LogP contribution in [0, 0.1) is 6.92 Å². The first kappa shape index (κ1) is 22.3. The molecule has 0 saturated carbocycles. The van der Waals surface area contributed by atoms with Crippen molar-refractivity contribution in [2.24, 2.45) is 0 Å². The highest BCUT2D eigenvalue weighted by atomic mass is 19.4. The van der Waals surface area contributed by atoms with Crippen molar-refractivity contribution in [2.75, 3.05) is 16.8 Å². The number of carbonyl (C=O) groups excluding carboxylic acids is 2. The van der Waals surface area contributed by atoms with Crippen LogP contribution in [0.5, 0.6) is 0 Å². The van der Waals surface area contributed by atoms with E-state index < -0.39 is 41.0 Å². The van der Waals surface area contributed by atoms with Crippen molar-refractivity contribution in [3.63, 3.8) is 0 Å². The lowest BCUT2D eigenvalue weighted by Crippen LogP contribution is -2.39. The standard InChI is InChI=1S/C19H16F6N2O2/c1-3-27(15-6-4-5-11(2)7-15)17(29)16(28)26-14-9-12(18(20,21)22)8-13(10-14)19(23,24)25/h4-10H,3H2,1-2H3,(H,26,28). The number of halogens is 6. The second kappa shape index (κ2) is 8.14. The molecule has 4 nitrogen and oxygen atoms in total. The number of nitrogens with one attached hydrogen (secondary N) is 1. The van der Waals surface area contributed by atoms with Crippen LogP contribution in [-0.4, -0.2) is 18.4 Å². The molecule has 156 valence electrons. The van der Waals surface area contributed by atoms with Gasteiger partial charge in [0.25, 0.3) is 0 Å². The molecule has 0 spiro atoms. The van der Waals surface area contributed by atoms with Crippen LogP contribution in [0.4, 0.5) is 37.7 Å². The van der Waals surface area contributed by atoms with Crippen LogP contribution in [0.15, 0.2) is 42.5 Å². The molecule has 2 amide bonds. The Kier molecular flexibility index (Phi) is 6.24. The summed E-state index contributed by atoms with van der Waals surface area (Å²) >= 11 is 0. The SMILES string of the molecule is CCN(C(=O)C(=O)Nc1cc(C(F)(F)F)cc(C(F)(F)F)c1)c1cccc(C)c1. The highest BCUT2D eigenvalue weighted by Gasteiger charge is 2.37. The van der Waals surface area contributed by atoms with Gasteiger partial charge in [-0.15, -0.1) is 0 Å². The lowest BCUT2D eigenvalue weighted by Gasteiger charge is -2.21. The molecule has 0 aromatic heterocycles. The summed E-state index contributed by atoms with van der Waals surface area (Å²) in [6.07, 6.45) is -10.1. The number of alkyl halides is 6. The van der Waals surface area contributed by atoms with Crippen molar-refractivity contribution in [1.82, 2.24) is 0 Å². The first-order chi connectivity index (χ1) is 13.3. The number of anilines is 2. The molecule has 2 rings (SSSR count). The number of benzene rings is 2. The molecule has 0 aliphatic rings. The summed E-state index contributed by atoms with van der Waals surface area (Å²) in [7, 11) is 0. The number of hydrogen-bond acceptors (Lipinski definition) is 2. The number of carbonyl (C=O) groups is 2. The monoisotopic (exact) mass is 418 g/mol. The molecule has 0 fully saturated rings. The third-order valence-corrected chi connectivity index (χ3v) is 3.91. The molecule has 2 aromatic rings. The fourth-order valence-electron chi connectivity index (χ4n) is 2.57. The number of aryl methyl sites for hydroxylation is 1. The van der Waals surface area contributed by atoms with Gasteiger partial charge < -0.3 is 10.2 Å². The average molecular weight is 418 g/mol. The largest absolute Gasteiger partial charge is 0.416 e. The number of rotatable bonds is 3. The molecule has 0 radical (unpaired) electrons. The quantitative estimate of drug-likeness (QED) is 0.562. The van der Waals surface area contributed by atoms with Crippen LogP contribution < -0.4 is 10.2 Å². The predicted molar refractivity (Wildman–Crippen MR) is 94.3 cm³/mol. The van der Waals surface area contributed by atoms with E-state index in [-0.39, 0.29) is 12.6 Å². The molecule has 0 saturated heterocycles. The Morgan fingerprint density at radius 3 is 1.93 bits per heavy atom. The van der Waals surface area contributed by atoms with E-state index in [0.29, 0.717) is 17.8 Å². The van der Waals surface area contributed by atoms with E-state index in [9.17, 15) is 35.9 Å². The van der Waals surface area contributed by atoms with E-state index in [0.717, 1.165) is 10.5 Å². The van der Waals surface area contributed by atoms with Crippen LogP contribution in [0.3, 0.4) is 0 Å². The summed E-state index contributed by atoms with van der Waals surface area (Å²) in [6.45, 7) is 3.38. The normalized spacial score (nSPS) is 11.9. The van der Waals surface area contributed by atoms with E-state index in [1.54, 1.807) is 38.1 Å². The van der Waals surface area contributed by atoms with E-state index in [4.69, 9.17) is 0 Å². The van der Waals surface area contributed by atoms with Crippen molar-refractivity contribution in [3.8, 4) is 0 Å². The van der Waals surface area contributed by atoms with Gasteiger partial charge in [0.2, 0.25) is 0 Å². The minimum absolute atomic E-state index is 0.0616. The van der Waals surface area contributed by atoms with Gasteiger partial charge in [-0.3, -0.25) is 9.59 Å². The Morgan fingerprint density at radius 1 is 0.931 bits per heavy atom. The first-order valence-corrected chi connectivity index (χ1v) is 8.32. The number of hydrogen-bond donors (Lipinski definition) is 1. The van der Waals surface area contributed by atoms with Crippen LogP contribution >= 0.6 is 0 Å². The summed E-state index contributed by atoms with van der Waals surface area (Å²) in [5.41, 5.74) is -2.82. The summed E-state index contributed by atoms with van der Waals surface area (Å²) < 4.78 is 77.5. The summed E-state index contributed by atoms with van der Waals surface area (Å²) in [6, 6.07) is 7.16. The molecule has 0 unspecified atom stereocenters. The number of likely N-dealkylation sites (N-methyl/N-ethyl adjacent to an activating group) is 1. The van der Waals surface area contributed by atoms with Crippen molar-refractivity contribution in [1.29, 1.82) is 0 Å². The maximum atomic E-state index is 12.9. The van der Waals surface area contributed by atoms with Gasteiger partial charge in [-0.1, -0.05) is 12.1 Å². The smallest absolute Gasteiger partial charge is 0.318 e. The third kappa shape index (κ3) is 5.49. The van der Waals surface area contributed by atoms with Crippen LogP contribution in [-0.2, 0) is 21.9 Å². The molecular formula is C19H16F6N2O2. The second-order valence-corrected chi connectivity index (χ2v) is 6.14. The van der Waals surface area contributed by atoms with Gasteiger partial charge in [-0.25, -0.2) is 0 Å². The highest BCUT2D eigenvalue weighted by molar-refractivity contribution is 6.44. The van der Waals surface area contributed by atoms with Gasteiger partial charge >= 0.3 is 24.2 Å². The Hall–Kier alpha value is -3.04. The lowest BCUT2D eigenvalue weighted by atomic mass is 10.1. The Balaban J connectivity index is 2.34. The third-order valence-electron chi connectivity index (χ3n) is 3.91. The maximum absolute atomic E-state index is 12.9. The van der Waals surface area contributed by atoms with Crippen LogP contribution in [0.1, 0.15) is 23.6 Å². The van der Waals surface area contributed by atoms with Crippen molar-refractivity contribution in [2.45, 2.75) is 26.2 Å². The fourth-order valence-corrected chi connectivity index (χ4v) is 2.57. The molecule has 1 N–H and O–H groups in total. The van der Waals surface area contributed by atoms with Crippen LogP contribution in [0.25, 0.3) is 0 Å². The Morgan fingerprint density at radius 2 is 1.48 bits per heavy atom. The van der Waals surface area contributed by atoms with Gasteiger partial charge in [-0.05, 0) is 49.7 Å². The minimum atomic E-state index is -5.07. The second-order valence-electron chi connectivity index (χ2n) is 6.14. The predicted octanol–water partition coefficient (Wildman–Crippen LogP) is 5.02. The molecular weight excluding hydrogens is 402 g/mol.